The predicted octanol–water partition coefficient (Wildman–Crippen LogP) is 10.8. The van der Waals surface area contributed by atoms with Crippen LogP contribution in [0.4, 0.5) is 0 Å². The molecule has 1 amide bonds. The van der Waals surface area contributed by atoms with Crippen LogP contribution in [0.25, 0.3) is 0 Å². The van der Waals surface area contributed by atoms with E-state index in [9.17, 15) is 22.8 Å². The van der Waals surface area contributed by atoms with E-state index in [4.69, 9.17) is 13.7 Å². The Kier molecular flexibility index (Phi) is 38.0. The average molecular weight is 813 g/mol. The van der Waals surface area contributed by atoms with Gasteiger partial charge in [-0.05, 0) is 71.3 Å². The summed E-state index contributed by atoms with van der Waals surface area (Å²) in [4.78, 5) is 40.8. The molecular weight excluding hydrogens is 729 g/mol. The molecule has 0 aliphatic rings. The van der Waals surface area contributed by atoms with Gasteiger partial charge in [0.05, 0.1) is 25.9 Å². The standard InChI is InChI=1S/C45H84N2O8S/c1-5-7-9-11-13-15-17-19-21-23-25-27-29-31-33-35-44(49)53-39-37-47(43(48)41-46(3)42-55-56(4,51)52)38-40-54-45(50)36-34-32-30-28-26-24-22-20-18-16-14-12-10-8-6-2/h19-22H,5-18,23-42H2,1-4H3/b21-19-,22-20-. The highest BCUT2D eigenvalue weighted by atomic mass is 32.2. The second kappa shape index (κ2) is 39.6. The largest absolute Gasteiger partial charge is 0.464 e. The molecule has 0 aliphatic carbocycles. The number of ether oxygens (including phenoxy) is 2. The van der Waals surface area contributed by atoms with Crippen molar-refractivity contribution in [1.82, 2.24) is 9.80 Å². The van der Waals surface area contributed by atoms with Gasteiger partial charge in [0.15, 0.2) is 0 Å². The molecule has 0 aromatic rings. The first-order valence-corrected chi connectivity index (χ1v) is 24.3. The Morgan fingerprint density at radius 1 is 0.518 bits per heavy atom. The van der Waals surface area contributed by atoms with Gasteiger partial charge in [0.1, 0.15) is 19.9 Å². The molecule has 0 N–H and O–H groups in total. The van der Waals surface area contributed by atoms with Crippen molar-refractivity contribution in [3.63, 3.8) is 0 Å². The maximum Gasteiger partial charge on any atom is 0.305 e. The molecule has 0 saturated carbocycles. The summed E-state index contributed by atoms with van der Waals surface area (Å²) in [6.07, 6.45) is 41.8. The van der Waals surface area contributed by atoms with Crippen molar-refractivity contribution in [2.45, 2.75) is 194 Å². The van der Waals surface area contributed by atoms with Crippen molar-refractivity contribution in [2.75, 3.05) is 52.9 Å². The SMILES string of the molecule is CCCCCCCC/C=C\CCCCCCCC(=O)OCCN(CCOC(=O)CCCCCCC/C=C\CCCCCCCC)C(=O)CN(C)COS(C)(=O)=O. The van der Waals surface area contributed by atoms with E-state index in [1.54, 1.807) is 7.05 Å². The van der Waals surface area contributed by atoms with Gasteiger partial charge in [0.25, 0.3) is 10.1 Å². The van der Waals surface area contributed by atoms with Gasteiger partial charge in [0, 0.05) is 12.8 Å². The molecule has 0 bridgehead atoms. The van der Waals surface area contributed by atoms with Gasteiger partial charge in [-0.1, -0.05) is 141 Å². The average Bonchev–Trinajstić information content (AvgIpc) is 3.16. The smallest absolute Gasteiger partial charge is 0.305 e. The van der Waals surface area contributed by atoms with Crippen LogP contribution in [-0.4, -0.2) is 88.9 Å². The summed E-state index contributed by atoms with van der Waals surface area (Å²) in [7, 11) is -2.08. The van der Waals surface area contributed by atoms with Gasteiger partial charge in [-0.15, -0.1) is 0 Å². The van der Waals surface area contributed by atoms with Gasteiger partial charge in [-0.3, -0.25) is 23.5 Å². The van der Waals surface area contributed by atoms with E-state index in [1.165, 1.54) is 113 Å². The first-order chi connectivity index (χ1) is 27.1. The van der Waals surface area contributed by atoms with Crippen molar-refractivity contribution in [2.24, 2.45) is 0 Å². The number of nitrogens with zero attached hydrogens (tertiary/aromatic N) is 2. The Labute approximate surface area is 344 Å². The van der Waals surface area contributed by atoms with Gasteiger partial charge >= 0.3 is 11.9 Å². The lowest BCUT2D eigenvalue weighted by Crippen LogP contribution is -2.43. The molecule has 0 spiro atoms. The van der Waals surface area contributed by atoms with E-state index in [0.29, 0.717) is 12.8 Å². The molecule has 11 heteroatoms. The fraction of sp³-hybridized carbons (Fsp3) is 0.844. The number of carbonyl (C=O) groups is 3. The van der Waals surface area contributed by atoms with Crippen LogP contribution in [0.15, 0.2) is 24.3 Å². The van der Waals surface area contributed by atoms with Crippen LogP contribution >= 0.6 is 0 Å². The summed E-state index contributed by atoms with van der Waals surface area (Å²) in [5.74, 6) is -0.897. The molecule has 328 valence electrons. The highest BCUT2D eigenvalue weighted by Crippen LogP contribution is 2.12. The summed E-state index contributed by atoms with van der Waals surface area (Å²) in [6, 6.07) is 0. The zero-order valence-corrected chi connectivity index (χ0v) is 37.2. The van der Waals surface area contributed by atoms with Gasteiger partial charge in [-0.25, -0.2) is 0 Å². The summed E-state index contributed by atoms with van der Waals surface area (Å²) in [5, 5.41) is 0. The molecule has 0 aliphatic heterocycles. The fourth-order valence-corrected chi connectivity index (χ4v) is 6.66. The first-order valence-electron chi connectivity index (χ1n) is 22.5. The summed E-state index contributed by atoms with van der Waals surface area (Å²) in [6.45, 7) is 4.46. The topological polar surface area (TPSA) is 120 Å². The third kappa shape index (κ3) is 40.0. The molecule has 0 saturated heterocycles. The molecule has 0 rings (SSSR count). The third-order valence-electron chi connectivity index (χ3n) is 9.78. The number of amides is 1. The summed E-state index contributed by atoms with van der Waals surface area (Å²) in [5.41, 5.74) is 0. The lowest BCUT2D eigenvalue weighted by Gasteiger charge is -2.25. The predicted molar refractivity (Wildman–Crippen MR) is 231 cm³/mol. The minimum atomic E-state index is -3.66. The Bertz CT molecular complexity index is 1050. The Hall–Kier alpha value is -2.24. The summed E-state index contributed by atoms with van der Waals surface area (Å²) >= 11 is 0. The van der Waals surface area contributed by atoms with Crippen LogP contribution in [0.3, 0.4) is 0 Å². The van der Waals surface area contributed by atoms with Crippen molar-refractivity contribution in [3.8, 4) is 0 Å². The number of unbranched alkanes of at least 4 members (excludes halogenated alkanes) is 22. The highest BCUT2D eigenvalue weighted by Gasteiger charge is 2.18. The van der Waals surface area contributed by atoms with Crippen LogP contribution in [0.5, 0.6) is 0 Å². The van der Waals surface area contributed by atoms with Crippen LogP contribution in [-0.2, 0) is 38.2 Å². The maximum atomic E-state index is 13.1. The molecule has 0 atom stereocenters. The normalized spacial score (nSPS) is 11.9. The van der Waals surface area contributed by atoms with E-state index < -0.39 is 10.1 Å². The van der Waals surface area contributed by atoms with Crippen molar-refractivity contribution in [3.05, 3.63) is 24.3 Å². The second-order valence-electron chi connectivity index (χ2n) is 15.5. The van der Waals surface area contributed by atoms with Crippen LogP contribution in [0, 0.1) is 0 Å². The first kappa shape index (κ1) is 53.8. The Morgan fingerprint density at radius 2 is 0.857 bits per heavy atom. The highest BCUT2D eigenvalue weighted by molar-refractivity contribution is 7.85. The van der Waals surface area contributed by atoms with E-state index in [-0.39, 0.29) is 57.4 Å². The van der Waals surface area contributed by atoms with E-state index in [0.717, 1.165) is 70.5 Å². The molecule has 10 nitrogen and oxygen atoms in total. The molecule has 56 heavy (non-hydrogen) atoms. The molecule has 0 heterocycles. The van der Waals surface area contributed by atoms with E-state index in [2.05, 4.69) is 38.2 Å². The van der Waals surface area contributed by atoms with Gasteiger partial charge in [0.2, 0.25) is 5.91 Å². The number of hydrogen-bond acceptors (Lipinski definition) is 9. The van der Waals surface area contributed by atoms with Crippen molar-refractivity contribution in [1.29, 1.82) is 0 Å². The maximum absolute atomic E-state index is 13.1. The van der Waals surface area contributed by atoms with Crippen LogP contribution < -0.4 is 0 Å². The molecule has 0 fully saturated rings. The lowest BCUT2D eigenvalue weighted by atomic mass is 10.1. The number of allylic oxidation sites excluding steroid dienone is 4. The monoisotopic (exact) mass is 813 g/mol. The van der Waals surface area contributed by atoms with Crippen molar-refractivity contribution < 1.29 is 36.5 Å². The molecule has 0 radical (unpaired) electrons. The number of hydrogen-bond donors (Lipinski definition) is 0. The molecule has 0 aromatic carbocycles. The Morgan fingerprint density at radius 3 is 1.21 bits per heavy atom. The minimum Gasteiger partial charge on any atom is -0.464 e. The second-order valence-corrected chi connectivity index (χ2v) is 17.1. The number of rotatable bonds is 41. The number of carbonyl (C=O) groups excluding carboxylic acids is 3. The third-order valence-corrected chi connectivity index (χ3v) is 10.3. The molecule has 0 unspecified atom stereocenters. The Balaban J connectivity index is 4.29. The molecule has 0 aromatic heterocycles. The zero-order valence-electron chi connectivity index (χ0n) is 36.4. The van der Waals surface area contributed by atoms with E-state index in [1.807, 2.05) is 0 Å². The summed E-state index contributed by atoms with van der Waals surface area (Å²) < 4.78 is 38.4. The lowest BCUT2D eigenvalue weighted by molar-refractivity contribution is -0.148. The fourth-order valence-electron chi connectivity index (χ4n) is 6.29. The van der Waals surface area contributed by atoms with Crippen LogP contribution in [0.2, 0.25) is 0 Å². The number of esters is 2. The molecular formula is C45H84N2O8S. The van der Waals surface area contributed by atoms with Crippen LogP contribution in [0.1, 0.15) is 194 Å². The number of likely N-dealkylation sites (N-methyl/N-ethyl adjacent to an activating group) is 1. The quantitative estimate of drug-likeness (QED) is 0.0195. The van der Waals surface area contributed by atoms with E-state index >= 15 is 0 Å². The minimum absolute atomic E-state index is 0.0298. The van der Waals surface area contributed by atoms with Crippen molar-refractivity contribution >= 4 is 28.0 Å². The van der Waals surface area contributed by atoms with Gasteiger partial charge in [-0.2, -0.15) is 8.42 Å². The van der Waals surface area contributed by atoms with Gasteiger partial charge < -0.3 is 14.4 Å². The zero-order chi connectivity index (χ0) is 41.4.